The Kier molecular flexibility index (Phi) is 5.47. The topological polar surface area (TPSA) is 120 Å². The first kappa shape index (κ1) is 16.7. The van der Waals surface area contributed by atoms with Gasteiger partial charge in [-0.3, -0.25) is 0 Å². The van der Waals surface area contributed by atoms with Crippen molar-refractivity contribution >= 4 is 34.6 Å². The van der Waals surface area contributed by atoms with Gasteiger partial charge in [0.2, 0.25) is 11.9 Å². The van der Waals surface area contributed by atoms with Gasteiger partial charge in [0, 0.05) is 27.2 Å². The summed E-state index contributed by atoms with van der Waals surface area (Å²) >= 11 is 0. The van der Waals surface area contributed by atoms with Crippen LogP contribution in [0.5, 0.6) is 0 Å². The monoisotopic (exact) mass is 318 g/mol. The summed E-state index contributed by atoms with van der Waals surface area (Å²) in [6.45, 7) is 6.25. The largest absolute Gasteiger partial charge is 0.392 e. The maximum Gasteiger partial charge on any atom is 0.225 e. The minimum atomic E-state index is -0.502. The summed E-state index contributed by atoms with van der Waals surface area (Å²) in [6, 6.07) is 0. The number of hydrogen-bond donors (Lipinski definition) is 5. The van der Waals surface area contributed by atoms with Gasteiger partial charge in [0.05, 0.1) is 6.10 Å². The highest BCUT2D eigenvalue weighted by atomic mass is 16.3. The summed E-state index contributed by atoms with van der Waals surface area (Å²) in [7, 11) is 3.53. The standard InChI is InChI=1S/C14H22N8O/c1-5-6-17-13-19-9-10(11(15-3)21-13)20-14(18-7-8(2)23)22-12(9)16-4/h5,8,23H,1,6-7H2,2-4H3,(H2,15,17,19,21)(H2,16,18,20,22)/t8-/m0/s1. The van der Waals surface area contributed by atoms with E-state index in [0.717, 1.165) is 0 Å². The number of anilines is 4. The molecule has 2 aromatic rings. The number of rotatable bonds is 8. The molecule has 0 aromatic carbocycles. The van der Waals surface area contributed by atoms with E-state index in [9.17, 15) is 5.11 Å². The van der Waals surface area contributed by atoms with Crippen LogP contribution in [-0.4, -0.2) is 58.3 Å². The molecule has 0 fully saturated rings. The summed E-state index contributed by atoms with van der Waals surface area (Å²) in [6.07, 6.45) is 1.23. The van der Waals surface area contributed by atoms with Gasteiger partial charge in [0.25, 0.3) is 0 Å². The molecule has 2 heterocycles. The highest BCUT2D eigenvalue weighted by Crippen LogP contribution is 2.26. The van der Waals surface area contributed by atoms with Gasteiger partial charge in [-0.05, 0) is 6.92 Å². The van der Waals surface area contributed by atoms with E-state index in [4.69, 9.17) is 0 Å². The van der Waals surface area contributed by atoms with Crippen molar-refractivity contribution in [3.63, 3.8) is 0 Å². The van der Waals surface area contributed by atoms with Crippen molar-refractivity contribution in [1.82, 2.24) is 19.9 Å². The second kappa shape index (κ2) is 7.54. The number of aromatic nitrogens is 4. The molecule has 1 atom stereocenters. The van der Waals surface area contributed by atoms with E-state index in [1.807, 2.05) is 0 Å². The van der Waals surface area contributed by atoms with Crippen LogP contribution in [0.15, 0.2) is 12.7 Å². The maximum atomic E-state index is 9.39. The van der Waals surface area contributed by atoms with Crippen molar-refractivity contribution in [3.8, 4) is 0 Å². The second-order valence-electron chi connectivity index (χ2n) is 4.89. The average molecular weight is 318 g/mol. The van der Waals surface area contributed by atoms with E-state index in [-0.39, 0.29) is 0 Å². The van der Waals surface area contributed by atoms with Crippen molar-refractivity contribution in [2.75, 3.05) is 48.5 Å². The molecule has 0 spiro atoms. The number of nitrogens with zero attached hydrogens (tertiary/aromatic N) is 4. The van der Waals surface area contributed by atoms with Crippen molar-refractivity contribution in [2.45, 2.75) is 13.0 Å². The molecule has 23 heavy (non-hydrogen) atoms. The SMILES string of the molecule is C=CCNc1nc(NC)c2nc(NC[C@H](C)O)nc(NC)c2n1. The fraction of sp³-hybridized carbons (Fsp3) is 0.429. The van der Waals surface area contributed by atoms with Gasteiger partial charge in [-0.15, -0.1) is 6.58 Å². The molecule has 0 aliphatic rings. The third-order valence-corrected chi connectivity index (χ3v) is 2.98. The lowest BCUT2D eigenvalue weighted by Gasteiger charge is -2.13. The van der Waals surface area contributed by atoms with Crippen LogP contribution >= 0.6 is 0 Å². The molecule has 5 N–H and O–H groups in total. The summed E-state index contributed by atoms with van der Waals surface area (Å²) < 4.78 is 0. The van der Waals surface area contributed by atoms with Gasteiger partial charge in [0.1, 0.15) is 11.0 Å². The Morgan fingerprint density at radius 2 is 1.52 bits per heavy atom. The average Bonchev–Trinajstić information content (AvgIpc) is 2.56. The van der Waals surface area contributed by atoms with Crippen molar-refractivity contribution in [3.05, 3.63) is 12.7 Å². The number of nitrogens with one attached hydrogen (secondary N) is 4. The van der Waals surface area contributed by atoms with E-state index in [0.29, 0.717) is 47.7 Å². The second-order valence-corrected chi connectivity index (χ2v) is 4.89. The molecular weight excluding hydrogens is 296 g/mol. The zero-order valence-electron chi connectivity index (χ0n) is 13.5. The third-order valence-electron chi connectivity index (χ3n) is 2.98. The van der Waals surface area contributed by atoms with Gasteiger partial charge in [0.15, 0.2) is 11.6 Å². The first-order valence-electron chi connectivity index (χ1n) is 7.31. The van der Waals surface area contributed by atoms with Gasteiger partial charge >= 0.3 is 0 Å². The summed E-state index contributed by atoms with van der Waals surface area (Å²) in [5, 5.41) is 21.5. The lowest BCUT2D eigenvalue weighted by atomic mass is 10.3. The Labute approximate surface area is 134 Å². The molecule has 0 bridgehead atoms. The van der Waals surface area contributed by atoms with Crippen LogP contribution in [-0.2, 0) is 0 Å². The molecule has 124 valence electrons. The molecule has 9 nitrogen and oxygen atoms in total. The number of fused-ring (bicyclic) bond motifs is 1. The molecule has 0 aliphatic carbocycles. The molecule has 0 amide bonds. The van der Waals surface area contributed by atoms with Crippen molar-refractivity contribution in [1.29, 1.82) is 0 Å². The molecule has 2 aromatic heterocycles. The predicted molar refractivity (Wildman–Crippen MR) is 93.1 cm³/mol. The van der Waals surface area contributed by atoms with E-state index in [1.165, 1.54) is 0 Å². The molecule has 0 saturated heterocycles. The molecular formula is C14H22N8O. The van der Waals surface area contributed by atoms with Crippen LogP contribution < -0.4 is 21.3 Å². The highest BCUT2D eigenvalue weighted by Gasteiger charge is 2.14. The summed E-state index contributed by atoms with van der Waals surface area (Å²) in [4.78, 5) is 17.7. The zero-order chi connectivity index (χ0) is 16.8. The molecule has 0 aliphatic heterocycles. The lowest BCUT2D eigenvalue weighted by molar-refractivity contribution is 0.208. The van der Waals surface area contributed by atoms with Crippen LogP contribution in [0, 0.1) is 0 Å². The molecule has 2 rings (SSSR count). The van der Waals surface area contributed by atoms with E-state index >= 15 is 0 Å². The minimum Gasteiger partial charge on any atom is -0.392 e. The zero-order valence-corrected chi connectivity index (χ0v) is 13.5. The molecule has 0 unspecified atom stereocenters. The number of hydrogen-bond acceptors (Lipinski definition) is 9. The van der Waals surface area contributed by atoms with Crippen LogP contribution in [0.25, 0.3) is 11.0 Å². The Hall–Kier alpha value is -2.68. The van der Waals surface area contributed by atoms with Gasteiger partial charge in [-0.25, -0.2) is 9.97 Å². The molecule has 0 saturated carbocycles. The maximum absolute atomic E-state index is 9.39. The predicted octanol–water partition coefficient (Wildman–Crippen LogP) is 0.894. The van der Waals surface area contributed by atoms with Crippen LogP contribution in [0.1, 0.15) is 6.92 Å². The Morgan fingerprint density at radius 3 is 1.96 bits per heavy atom. The van der Waals surface area contributed by atoms with Crippen LogP contribution in [0.4, 0.5) is 23.5 Å². The van der Waals surface area contributed by atoms with Gasteiger partial charge in [-0.2, -0.15) is 9.97 Å². The van der Waals surface area contributed by atoms with Crippen LogP contribution in [0.2, 0.25) is 0 Å². The number of aliphatic hydroxyl groups excluding tert-OH is 1. The fourth-order valence-electron chi connectivity index (χ4n) is 1.92. The Morgan fingerprint density at radius 1 is 1.00 bits per heavy atom. The van der Waals surface area contributed by atoms with Crippen molar-refractivity contribution < 1.29 is 5.11 Å². The molecule has 9 heteroatoms. The first-order chi connectivity index (χ1) is 11.1. The molecule has 0 radical (unpaired) electrons. The normalized spacial score (nSPS) is 11.8. The summed E-state index contributed by atoms with van der Waals surface area (Å²) in [5.41, 5.74) is 1.19. The lowest BCUT2D eigenvalue weighted by Crippen LogP contribution is -2.17. The van der Waals surface area contributed by atoms with E-state index in [2.05, 4.69) is 47.8 Å². The summed E-state index contributed by atoms with van der Waals surface area (Å²) in [5.74, 6) is 2.02. The third kappa shape index (κ3) is 3.95. The fourth-order valence-corrected chi connectivity index (χ4v) is 1.92. The van der Waals surface area contributed by atoms with Crippen molar-refractivity contribution in [2.24, 2.45) is 0 Å². The van der Waals surface area contributed by atoms with Crippen LogP contribution in [0.3, 0.4) is 0 Å². The highest BCUT2D eigenvalue weighted by molar-refractivity contribution is 5.94. The van der Waals surface area contributed by atoms with Gasteiger partial charge < -0.3 is 26.4 Å². The first-order valence-corrected chi connectivity index (χ1v) is 7.31. The van der Waals surface area contributed by atoms with Gasteiger partial charge in [-0.1, -0.05) is 6.08 Å². The smallest absolute Gasteiger partial charge is 0.225 e. The minimum absolute atomic E-state index is 0.351. The Balaban J connectivity index is 2.51. The van der Waals surface area contributed by atoms with E-state index < -0.39 is 6.10 Å². The number of aliphatic hydroxyl groups is 1. The van der Waals surface area contributed by atoms with E-state index in [1.54, 1.807) is 27.1 Å². The quantitative estimate of drug-likeness (QED) is 0.452. The Bertz CT molecular complexity index is 688.